The number of benzene rings is 1. The number of ether oxygens (including phenoxy) is 2. The number of nitro benzene ring substituents is 1. The molecule has 0 aliphatic carbocycles. The van der Waals surface area contributed by atoms with Crippen molar-refractivity contribution in [3.8, 4) is 11.5 Å². The molecule has 8 heteroatoms. The van der Waals surface area contributed by atoms with Crippen LogP contribution in [0.15, 0.2) is 12.1 Å². The van der Waals surface area contributed by atoms with Gasteiger partial charge in [-0.3, -0.25) is 19.7 Å². The Morgan fingerprint density at radius 3 is 2.20 bits per heavy atom. The first-order valence-corrected chi connectivity index (χ1v) is 5.56. The van der Waals surface area contributed by atoms with Gasteiger partial charge < -0.3 is 14.6 Å². The fourth-order valence-corrected chi connectivity index (χ4v) is 1.60. The fourth-order valence-electron chi connectivity index (χ4n) is 1.60. The molecule has 0 radical (unpaired) electrons. The molecular formula is C12H13NO7. The normalized spacial score (nSPS) is 9.90. The Labute approximate surface area is 114 Å². The molecule has 0 atom stereocenters. The maximum atomic E-state index is 11.9. The minimum absolute atomic E-state index is 0.119. The van der Waals surface area contributed by atoms with Gasteiger partial charge in [0, 0.05) is 12.5 Å². The molecule has 1 aromatic carbocycles. The van der Waals surface area contributed by atoms with Crippen LogP contribution < -0.4 is 9.47 Å². The summed E-state index contributed by atoms with van der Waals surface area (Å²) in [4.78, 5) is 32.6. The molecule has 1 aromatic rings. The van der Waals surface area contributed by atoms with Crippen molar-refractivity contribution < 1.29 is 29.1 Å². The highest BCUT2D eigenvalue weighted by molar-refractivity contribution is 6.01. The minimum Gasteiger partial charge on any atom is -0.493 e. The van der Waals surface area contributed by atoms with Crippen LogP contribution in [0.2, 0.25) is 0 Å². The standard InChI is InChI=1S/C12H13NO7/c1-19-10-5-7(9(14)3-4-12(15)16)8(13(17)18)6-11(10)20-2/h5-6H,3-4H2,1-2H3,(H,15,16). The number of carbonyl (C=O) groups excluding carboxylic acids is 1. The summed E-state index contributed by atoms with van der Waals surface area (Å²) in [6.45, 7) is 0. The minimum atomic E-state index is -1.15. The predicted octanol–water partition coefficient (Wildman–Crippen LogP) is 1.66. The number of carboxylic acid groups (broad SMARTS) is 1. The lowest BCUT2D eigenvalue weighted by atomic mass is 10.0. The molecule has 1 rings (SSSR count). The number of aliphatic carboxylic acids is 1. The second-order valence-corrected chi connectivity index (χ2v) is 3.80. The van der Waals surface area contributed by atoms with Gasteiger partial charge in [0.15, 0.2) is 17.3 Å². The van der Waals surface area contributed by atoms with Gasteiger partial charge in [0.25, 0.3) is 5.69 Å². The number of nitrogens with zero attached hydrogens (tertiary/aromatic N) is 1. The molecule has 0 amide bonds. The van der Waals surface area contributed by atoms with Crippen LogP contribution in [0.5, 0.6) is 11.5 Å². The summed E-state index contributed by atoms with van der Waals surface area (Å²) in [5, 5.41) is 19.5. The van der Waals surface area contributed by atoms with Gasteiger partial charge >= 0.3 is 5.97 Å². The summed E-state index contributed by atoms with van der Waals surface area (Å²) in [6, 6.07) is 2.26. The van der Waals surface area contributed by atoms with E-state index in [0.717, 1.165) is 6.07 Å². The van der Waals surface area contributed by atoms with Gasteiger partial charge in [-0.25, -0.2) is 0 Å². The van der Waals surface area contributed by atoms with Crippen molar-refractivity contribution >= 4 is 17.4 Å². The summed E-state index contributed by atoms with van der Waals surface area (Å²) in [7, 11) is 2.64. The van der Waals surface area contributed by atoms with Crippen molar-refractivity contribution in [3.63, 3.8) is 0 Å². The third-order valence-corrected chi connectivity index (χ3v) is 2.56. The lowest BCUT2D eigenvalue weighted by Gasteiger charge is -2.09. The van der Waals surface area contributed by atoms with Gasteiger partial charge in [-0.1, -0.05) is 0 Å². The Balaban J connectivity index is 3.25. The molecule has 20 heavy (non-hydrogen) atoms. The number of methoxy groups -OCH3 is 2. The van der Waals surface area contributed by atoms with Gasteiger partial charge in [0.1, 0.15) is 0 Å². The van der Waals surface area contributed by atoms with Crippen LogP contribution in [0.4, 0.5) is 5.69 Å². The molecule has 0 saturated carbocycles. The number of Topliss-reactive ketones (excluding diaryl/α,β-unsaturated/α-hetero) is 1. The zero-order valence-electron chi connectivity index (χ0n) is 10.9. The molecule has 0 fully saturated rings. The van der Waals surface area contributed by atoms with E-state index in [1.807, 2.05) is 0 Å². The van der Waals surface area contributed by atoms with Crippen molar-refractivity contribution in [1.29, 1.82) is 0 Å². The molecule has 108 valence electrons. The Hall–Kier alpha value is -2.64. The molecule has 0 aliphatic heterocycles. The molecule has 1 N–H and O–H groups in total. The zero-order chi connectivity index (χ0) is 15.3. The molecule has 0 aliphatic rings. The number of hydrogen-bond donors (Lipinski definition) is 1. The van der Waals surface area contributed by atoms with Crippen LogP contribution in [-0.4, -0.2) is 36.0 Å². The third kappa shape index (κ3) is 3.44. The molecule has 0 bridgehead atoms. The number of nitro groups is 1. The lowest BCUT2D eigenvalue weighted by Crippen LogP contribution is -2.08. The first-order chi connectivity index (χ1) is 9.40. The van der Waals surface area contributed by atoms with Crippen molar-refractivity contribution in [1.82, 2.24) is 0 Å². The number of carboxylic acids is 1. The molecular weight excluding hydrogens is 270 g/mol. The second-order valence-electron chi connectivity index (χ2n) is 3.80. The van der Waals surface area contributed by atoms with E-state index in [1.54, 1.807) is 0 Å². The van der Waals surface area contributed by atoms with Gasteiger partial charge in [-0.2, -0.15) is 0 Å². The van der Waals surface area contributed by atoms with Crippen LogP contribution in [-0.2, 0) is 4.79 Å². The Kier molecular flexibility index (Phi) is 5.01. The molecule has 8 nitrogen and oxygen atoms in total. The highest BCUT2D eigenvalue weighted by Crippen LogP contribution is 2.35. The summed E-state index contributed by atoms with van der Waals surface area (Å²) in [6.07, 6.45) is -0.726. The van der Waals surface area contributed by atoms with E-state index in [2.05, 4.69) is 0 Å². The predicted molar refractivity (Wildman–Crippen MR) is 67.4 cm³/mol. The zero-order valence-corrected chi connectivity index (χ0v) is 10.9. The van der Waals surface area contributed by atoms with Crippen molar-refractivity contribution in [2.75, 3.05) is 14.2 Å². The van der Waals surface area contributed by atoms with Crippen LogP contribution in [0.1, 0.15) is 23.2 Å². The largest absolute Gasteiger partial charge is 0.493 e. The Morgan fingerprint density at radius 1 is 1.20 bits per heavy atom. The average Bonchev–Trinajstić information content (AvgIpc) is 2.42. The third-order valence-electron chi connectivity index (χ3n) is 2.56. The Morgan fingerprint density at radius 2 is 1.75 bits per heavy atom. The summed E-state index contributed by atoms with van der Waals surface area (Å²) < 4.78 is 9.90. The molecule has 0 aromatic heterocycles. The van der Waals surface area contributed by atoms with Gasteiger partial charge in [0.2, 0.25) is 0 Å². The van der Waals surface area contributed by atoms with Gasteiger partial charge in [-0.05, 0) is 0 Å². The van der Waals surface area contributed by atoms with Crippen LogP contribution >= 0.6 is 0 Å². The highest BCUT2D eigenvalue weighted by atomic mass is 16.6. The Bertz CT molecular complexity index is 553. The fraction of sp³-hybridized carbons (Fsp3) is 0.333. The molecule has 0 heterocycles. The van der Waals surface area contributed by atoms with E-state index >= 15 is 0 Å². The second kappa shape index (κ2) is 6.50. The van der Waals surface area contributed by atoms with E-state index in [9.17, 15) is 19.7 Å². The van der Waals surface area contributed by atoms with Gasteiger partial charge in [0.05, 0.1) is 37.2 Å². The SMILES string of the molecule is COc1cc(C(=O)CCC(=O)O)c([N+](=O)[O-])cc1OC. The monoisotopic (exact) mass is 283 g/mol. The van der Waals surface area contributed by atoms with Crippen LogP contribution in [0.3, 0.4) is 0 Å². The first-order valence-electron chi connectivity index (χ1n) is 5.56. The maximum Gasteiger partial charge on any atom is 0.303 e. The van der Waals surface area contributed by atoms with Crippen molar-refractivity contribution in [2.24, 2.45) is 0 Å². The number of hydrogen-bond acceptors (Lipinski definition) is 6. The number of rotatable bonds is 7. The van der Waals surface area contributed by atoms with E-state index in [1.165, 1.54) is 20.3 Å². The lowest BCUT2D eigenvalue weighted by molar-refractivity contribution is -0.385. The number of carbonyl (C=O) groups is 2. The van der Waals surface area contributed by atoms with E-state index in [0.29, 0.717) is 0 Å². The van der Waals surface area contributed by atoms with E-state index in [-0.39, 0.29) is 23.5 Å². The summed E-state index contributed by atoms with van der Waals surface area (Å²) in [5.74, 6) is -1.51. The average molecular weight is 283 g/mol. The number of ketones is 1. The van der Waals surface area contributed by atoms with Crippen molar-refractivity contribution in [2.45, 2.75) is 12.8 Å². The van der Waals surface area contributed by atoms with E-state index in [4.69, 9.17) is 14.6 Å². The quantitative estimate of drug-likeness (QED) is 0.459. The molecule has 0 spiro atoms. The summed E-state index contributed by atoms with van der Waals surface area (Å²) >= 11 is 0. The topological polar surface area (TPSA) is 116 Å². The molecule has 0 unspecified atom stereocenters. The summed E-state index contributed by atoms with van der Waals surface area (Å²) in [5.41, 5.74) is -0.646. The maximum absolute atomic E-state index is 11.9. The van der Waals surface area contributed by atoms with Crippen molar-refractivity contribution in [3.05, 3.63) is 27.8 Å². The molecule has 0 saturated heterocycles. The first kappa shape index (κ1) is 15.4. The van der Waals surface area contributed by atoms with Gasteiger partial charge in [-0.15, -0.1) is 0 Å². The van der Waals surface area contributed by atoms with E-state index < -0.39 is 28.8 Å². The highest BCUT2D eigenvalue weighted by Gasteiger charge is 2.24. The van der Waals surface area contributed by atoms with Crippen LogP contribution in [0.25, 0.3) is 0 Å². The smallest absolute Gasteiger partial charge is 0.303 e. The van der Waals surface area contributed by atoms with Crippen LogP contribution in [0, 0.1) is 10.1 Å².